The Morgan fingerprint density at radius 3 is 2.12 bits per heavy atom. The van der Waals surface area contributed by atoms with Gasteiger partial charge in [-0.2, -0.15) is 0 Å². The quantitative estimate of drug-likeness (QED) is 0.577. The average molecular weight is 228 g/mol. The second kappa shape index (κ2) is 10.1. The Hall–Kier alpha value is -0.0800. The molecule has 0 rings (SSSR count). The summed E-state index contributed by atoms with van der Waals surface area (Å²) in [7, 11) is 0. The first-order chi connectivity index (χ1) is 7.57. The first kappa shape index (κ1) is 15.9. The van der Waals surface area contributed by atoms with Crippen molar-refractivity contribution in [3.8, 4) is 0 Å². The molecule has 2 nitrogen and oxygen atoms in total. The maximum atomic E-state index is 3.47. The zero-order valence-corrected chi connectivity index (χ0v) is 12.1. The van der Waals surface area contributed by atoms with Crippen molar-refractivity contribution in [2.45, 2.75) is 72.4 Å². The van der Waals surface area contributed by atoms with Gasteiger partial charge < -0.3 is 10.2 Å². The summed E-state index contributed by atoms with van der Waals surface area (Å²) in [4.78, 5) is 2.59. The van der Waals surface area contributed by atoms with Crippen molar-refractivity contribution in [3.05, 3.63) is 0 Å². The maximum absolute atomic E-state index is 3.47. The molecule has 2 heteroatoms. The highest BCUT2D eigenvalue weighted by Gasteiger charge is 2.06. The minimum atomic E-state index is 0.632. The molecular formula is C14H32N2. The summed E-state index contributed by atoms with van der Waals surface area (Å²) in [5.41, 5.74) is 0. The van der Waals surface area contributed by atoms with Crippen molar-refractivity contribution in [1.82, 2.24) is 10.2 Å². The maximum Gasteiger partial charge on any atom is 0.00385 e. The molecule has 0 bridgehead atoms. The molecule has 0 aliphatic carbocycles. The van der Waals surface area contributed by atoms with Gasteiger partial charge in [0.15, 0.2) is 0 Å². The van der Waals surface area contributed by atoms with Crippen LogP contribution >= 0.6 is 0 Å². The fraction of sp³-hybridized carbons (Fsp3) is 1.00. The number of hydrogen-bond acceptors (Lipinski definition) is 2. The minimum Gasteiger partial charge on any atom is -0.315 e. The van der Waals surface area contributed by atoms with E-state index in [2.05, 4.69) is 44.8 Å². The molecule has 0 spiro atoms. The van der Waals surface area contributed by atoms with Crippen molar-refractivity contribution in [2.75, 3.05) is 19.6 Å². The van der Waals surface area contributed by atoms with Crippen LogP contribution in [0.1, 0.15) is 60.3 Å². The zero-order valence-electron chi connectivity index (χ0n) is 12.1. The third kappa shape index (κ3) is 9.17. The van der Waals surface area contributed by atoms with E-state index in [9.17, 15) is 0 Å². The van der Waals surface area contributed by atoms with E-state index in [4.69, 9.17) is 0 Å². The van der Waals surface area contributed by atoms with Gasteiger partial charge in [0.25, 0.3) is 0 Å². The van der Waals surface area contributed by atoms with E-state index in [1.165, 1.54) is 45.3 Å². The van der Waals surface area contributed by atoms with Crippen LogP contribution in [0.3, 0.4) is 0 Å². The van der Waals surface area contributed by atoms with E-state index in [-0.39, 0.29) is 0 Å². The average Bonchev–Trinajstić information content (AvgIpc) is 2.20. The van der Waals surface area contributed by atoms with Crippen molar-refractivity contribution < 1.29 is 0 Å². The third-order valence-electron chi connectivity index (χ3n) is 2.92. The van der Waals surface area contributed by atoms with Crippen LogP contribution in [0.25, 0.3) is 0 Å². The molecule has 0 heterocycles. The van der Waals surface area contributed by atoms with Crippen molar-refractivity contribution in [2.24, 2.45) is 0 Å². The van der Waals surface area contributed by atoms with E-state index in [1.807, 2.05) is 0 Å². The van der Waals surface area contributed by atoms with Gasteiger partial charge in [-0.25, -0.2) is 0 Å². The molecule has 0 radical (unpaired) electrons. The van der Waals surface area contributed by atoms with Gasteiger partial charge in [0.2, 0.25) is 0 Å². The fourth-order valence-electron chi connectivity index (χ4n) is 1.92. The first-order valence-corrected chi connectivity index (χ1v) is 7.05. The van der Waals surface area contributed by atoms with Gasteiger partial charge in [-0.05, 0) is 52.7 Å². The van der Waals surface area contributed by atoms with Crippen LogP contribution in [0.4, 0.5) is 0 Å². The highest BCUT2D eigenvalue weighted by Crippen LogP contribution is 2.04. The summed E-state index contributed by atoms with van der Waals surface area (Å²) < 4.78 is 0. The minimum absolute atomic E-state index is 0.632. The molecule has 0 aromatic rings. The lowest BCUT2D eigenvalue weighted by Gasteiger charge is -2.25. The van der Waals surface area contributed by atoms with E-state index < -0.39 is 0 Å². The normalized spacial score (nSPS) is 12.0. The highest BCUT2D eigenvalue weighted by atomic mass is 15.1. The second-order valence-corrected chi connectivity index (χ2v) is 5.30. The molecule has 0 atom stereocenters. The van der Waals surface area contributed by atoms with Crippen LogP contribution in [0, 0.1) is 0 Å². The van der Waals surface area contributed by atoms with Gasteiger partial charge in [0, 0.05) is 12.1 Å². The van der Waals surface area contributed by atoms with Crippen molar-refractivity contribution >= 4 is 0 Å². The van der Waals surface area contributed by atoms with Gasteiger partial charge in [-0.3, -0.25) is 0 Å². The molecule has 1 N–H and O–H groups in total. The summed E-state index contributed by atoms with van der Waals surface area (Å²) in [5, 5.41) is 3.47. The van der Waals surface area contributed by atoms with Gasteiger partial charge in [-0.15, -0.1) is 0 Å². The summed E-state index contributed by atoms with van der Waals surface area (Å²) in [5.74, 6) is 0. The Labute approximate surface area is 103 Å². The van der Waals surface area contributed by atoms with Crippen LogP contribution in [0.2, 0.25) is 0 Å². The van der Waals surface area contributed by atoms with Crippen LogP contribution in [-0.4, -0.2) is 36.6 Å². The molecule has 0 saturated heterocycles. The standard InChI is InChI=1S/C14H32N2/c1-6-11-16(14(4)5)12-9-7-8-10-15-13(2)3/h13-15H,6-12H2,1-5H3. The summed E-state index contributed by atoms with van der Waals surface area (Å²) in [6.07, 6.45) is 5.29. The van der Waals surface area contributed by atoms with Gasteiger partial charge in [0.1, 0.15) is 0 Å². The van der Waals surface area contributed by atoms with Crippen LogP contribution < -0.4 is 5.32 Å². The highest BCUT2D eigenvalue weighted by molar-refractivity contribution is 4.62. The molecule has 0 aromatic carbocycles. The molecule has 0 aromatic heterocycles. The van der Waals surface area contributed by atoms with Gasteiger partial charge >= 0.3 is 0 Å². The van der Waals surface area contributed by atoms with Gasteiger partial charge in [0.05, 0.1) is 0 Å². The summed E-state index contributed by atoms with van der Waals surface area (Å²) in [6, 6.07) is 1.33. The topological polar surface area (TPSA) is 15.3 Å². The molecule has 0 fully saturated rings. The molecule has 0 unspecified atom stereocenters. The summed E-state index contributed by atoms with van der Waals surface area (Å²) >= 11 is 0. The SMILES string of the molecule is CCCN(CCCCCNC(C)C)C(C)C. The molecule has 0 aliphatic heterocycles. The van der Waals surface area contributed by atoms with E-state index in [0.717, 1.165) is 0 Å². The van der Waals surface area contributed by atoms with E-state index in [0.29, 0.717) is 12.1 Å². The Balaban J connectivity index is 3.40. The lowest BCUT2D eigenvalue weighted by molar-refractivity contribution is 0.217. The van der Waals surface area contributed by atoms with Crippen molar-refractivity contribution in [1.29, 1.82) is 0 Å². The van der Waals surface area contributed by atoms with Crippen LogP contribution in [0.15, 0.2) is 0 Å². The lowest BCUT2D eigenvalue weighted by Crippen LogP contribution is -2.32. The molecule has 0 amide bonds. The molecular weight excluding hydrogens is 196 g/mol. The number of nitrogens with zero attached hydrogens (tertiary/aromatic N) is 1. The molecule has 0 saturated carbocycles. The molecule has 98 valence electrons. The lowest BCUT2D eigenvalue weighted by atomic mass is 10.2. The summed E-state index contributed by atoms with van der Waals surface area (Å²) in [6.45, 7) is 15.0. The monoisotopic (exact) mass is 228 g/mol. The number of unbranched alkanes of at least 4 members (excludes halogenated alkanes) is 2. The van der Waals surface area contributed by atoms with Crippen molar-refractivity contribution in [3.63, 3.8) is 0 Å². The fourth-order valence-corrected chi connectivity index (χ4v) is 1.92. The van der Waals surface area contributed by atoms with Crippen LogP contribution in [0.5, 0.6) is 0 Å². The Kier molecular flexibility index (Phi) is 10.0. The number of hydrogen-bond donors (Lipinski definition) is 1. The van der Waals surface area contributed by atoms with Crippen LogP contribution in [-0.2, 0) is 0 Å². The number of rotatable bonds is 10. The molecule has 16 heavy (non-hydrogen) atoms. The smallest absolute Gasteiger partial charge is 0.00385 e. The van der Waals surface area contributed by atoms with E-state index in [1.54, 1.807) is 0 Å². The predicted molar refractivity (Wildman–Crippen MR) is 74.0 cm³/mol. The Morgan fingerprint density at radius 2 is 1.62 bits per heavy atom. The Bertz CT molecular complexity index is 144. The van der Waals surface area contributed by atoms with E-state index >= 15 is 0 Å². The zero-order chi connectivity index (χ0) is 12.4. The largest absolute Gasteiger partial charge is 0.315 e. The third-order valence-corrected chi connectivity index (χ3v) is 2.92. The molecule has 0 aliphatic rings. The van der Waals surface area contributed by atoms with Gasteiger partial charge in [-0.1, -0.05) is 27.2 Å². The number of nitrogens with one attached hydrogen (secondary N) is 1. The predicted octanol–water partition coefficient (Wildman–Crippen LogP) is 3.28. The first-order valence-electron chi connectivity index (χ1n) is 7.05. The Morgan fingerprint density at radius 1 is 0.938 bits per heavy atom. The second-order valence-electron chi connectivity index (χ2n) is 5.30.